The number of ether oxygens (including phenoxy) is 1. The lowest BCUT2D eigenvalue weighted by atomic mass is 9.73. The predicted octanol–water partition coefficient (Wildman–Crippen LogP) is 2.98. The van der Waals surface area contributed by atoms with Crippen LogP contribution in [0.2, 0.25) is 0 Å². The van der Waals surface area contributed by atoms with Crippen molar-refractivity contribution in [1.29, 1.82) is 0 Å². The molecular formula is C22H23N5O3S. The van der Waals surface area contributed by atoms with Gasteiger partial charge in [-0.3, -0.25) is 4.79 Å². The summed E-state index contributed by atoms with van der Waals surface area (Å²) in [5.74, 6) is -0.0757. The lowest BCUT2D eigenvalue weighted by molar-refractivity contribution is -0.0899. The van der Waals surface area contributed by atoms with Crippen LogP contribution in [0.15, 0.2) is 30.3 Å². The quantitative estimate of drug-likeness (QED) is 0.676. The highest BCUT2D eigenvalue weighted by Crippen LogP contribution is 2.43. The third-order valence-corrected chi connectivity index (χ3v) is 7.26. The number of nitrogen functional groups attached to an aromatic ring is 1. The second-order valence-electron chi connectivity index (χ2n) is 8.49. The van der Waals surface area contributed by atoms with E-state index in [1.165, 1.54) is 11.3 Å². The number of benzene rings is 1. The molecule has 160 valence electrons. The van der Waals surface area contributed by atoms with Crippen LogP contribution in [0.4, 0.5) is 10.5 Å². The molecule has 2 aliphatic heterocycles. The number of aryl methyl sites for hydroxylation is 2. The smallest absolute Gasteiger partial charge is 0.410 e. The fourth-order valence-corrected chi connectivity index (χ4v) is 5.42. The van der Waals surface area contributed by atoms with Crippen molar-refractivity contribution in [2.75, 3.05) is 31.9 Å². The number of thiophene rings is 1. The number of likely N-dealkylation sites (tertiary alicyclic amines) is 2. The third-order valence-electron chi connectivity index (χ3n) is 6.18. The van der Waals surface area contributed by atoms with Gasteiger partial charge >= 0.3 is 6.09 Å². The molecule has 1 aromatic carbocycles. The van der Waals surface area contributed by atoms with Crippen LogP contribution < -0.4 is 5.73 Å². The highest BCUT2D eigenvalue weighted by atomic mass is 32.1. The van der Waals surface area contributed by atoms with Crippen LogP contribution in [0.3, 0.4) is 0 Å². The second-order valence-corrected chi connectivity index (χ2v) is 9.49. The molecule has 9 heteroatoms. The van der Waals surface area contributed by atoms with Crippen molar-refractivity contribution in [3.05, 3.63) is 52.0 Å². The maximum Gasteiger partial charge on any atom is 0.410 e. The molecule has 2 aromatic heterocycles. The molecule has 2 N–H and O–H groups in total. The molecular weight excluding hydrogens is 414 g/mol. The summed E-state index contributed by atoms with van der Waals surface area (Å²) in [6, 6.07) is 9.61. The Kier molecular flexibility index (Phi) is 4.58. The summed E-state index contributed by atoms with van der Waals surface area (Å²) in [4.78, 5) is 30.0. The van der Waals surface area contributed by atoms with Gasteiger partial charge in [0.2, 0.25) is 0 Å². The molecule has 0 bridgehead atoms. The van der Waals surface area contributed by atoms with Crippen molar-refractivity contribution in [3.8, 4) is 0 Å². The van der Waals surface area contributed by atoms with Gasteiger partial charge in [-0.25, -0.2) is 4.79 Å². The van der Waals surface area contributed by atoms with E-state index in [2.05, 4.69) is 10.2 Å². The zero-order valence-electron chi connectivity index (χ0n) is 17.4. The fourth-order valence-electron chi connectivity index (χ4n) is 4.35. The molecule has 2 fully saturated rings. The molecule has 0 atom stereocenters. The van der Waals surface area contributed by atoms with E-state index in [9.17, 15) is 9.59 Å². The Morgan fingerprint density at radius 3 is 2.48 bits per heavy atom. The van der Waals surface area contributed by atoms with Gasteiger partial charge < -0.3 is 20.3 Å². The minimum atomic E-state index is -0.308. The zero-order valence-corrected chi connectivity index (χ0v) is 18.2. The minimum absolute atomic E-state index is 0.0286. The molecule has 5 rings (SSSR count). The second kappa shape index (κ2) is 7.19. The van der Waals surface area contributed by atoms with Gasteiger partial charge in [-0.2, -0.15) is 5.10 Å². The SMILES string of the molecule is Cc1nnc2sc(C(=O)N3CC4(CN(C(=O)OCc5ccccc5)C4)C3)c(N)c2c1C. The van der Waals surface area contributed by atoms with Crippen molar-refractivity contribution >= 4 is 39.2 Å². The Balaban J connectivity index is 1.18. The molecule has 0 saturated carbocycles. The topological polar surface area (TPSA) is 102 Å². The van der Waals surface area contributed by atoms with E-state index in [1.54, 1.807) is 9.80 Å². The number of carbonyl (C=O) groups excluding carboxylic acids is 2. The van der Waals surface area contributed by atoms with E-state index in [0.717, 1.165) is 22.2 Å². The van der Waals surface area contributed by atoms with E-state index in [4.69, 9.17) is 10.5 Å². The number of aromatic nitrogens is 2. The van der Waals surface area contributed by atoms with Crippen LogP contribution in [-0.2, 0) is 11.3 Å². The largest absolute Gasteiger partial charge is 0.445 e. The molecule has 1 spiro atoms. The first-order valence-corrected chi connectivity index (χ1v) is 11.0. The Hall–Kier alpha value is -3.20. The summed E-state index contributed by atoms with van der Waals surface area (Å²) in [6.07, 6.45) is -0.308. The van der Waals surface area contributed by atoms with Gasteiger partial charge in [0, 0.05) is 37.0 Å². The van der Waals surface area contributed by atoms with Crippen molar-refractivity contribution in [1.82, 2.24) is 20.0 Å². The molecule has 2 aliphatic rings. The molecule has 8 nitrogen and oxygen atoms in total. The highest BCUT2D eigenvalue weighted by molar-refractivity contribution is 7.21. The molecule has 0 radical (unpaired) electrons. The van der Waals surface area contributed by atoms with E-state index in [1.807, 2.05) is 44.2 Å². The third kappa shape index (κ3) is 3.29. The van der Waals surface area contributed by atoms with Crippen molar-refractivity contribution in [2.24, 2.45) is 5.41 Å². The van der Waals surface area contributed by atoms with E-state index < -0.39 is 0 Å². The molecule has 4 heterocycles. The summed E-state index contributed by atoms with van der Waals surface area (Å²) in [5.41, 5.74) is 9.50. The number of hydrogen-bond donors (Lipinski definition) is 1. The maximum atomic E-state index is 13.0. The molecule has 0 aliphatic carbocycles. The van der Waals surface area contributed by atoms with Gasteiger partial charge in [0.05, 0.1) is 11.4 Å². The number of hydrogen-bond acceptors (Lipinski definition) is 7. The molecule has 2 saturated heterocycles. The normalized spacial score (nSPS) is 16.8. The number of fused-ring (bicyclic) bond motifs is 1. The lowest BCUT2D eigenvalue weighted by Gasteiger charge is -2.59. The van der Waals surface area contributed by atoms with Crippen LogP contribution in [0.5, 0.6) is 0 Å². The van der Waals surface area contributed by atoms with Crippen LogP contribution in [0.25, 0.3) is 10.2 Å². The van der Waals surface area contributed by atoms with Crippen LogP contribution in [0.1, 0.15) is 26.5 Å². The number of carbonyl (C=O) groups is 2. The van der Waals surface area contributed by atoms with Crippen molar-refractivity contribution < 1.29 is 14.3 Å². The van der Waals surface area contributed by atoms with Gasteiger partial charge in [0.25, 0.3) is 5.91 Å². The first kappa shape index (κ1) is 19.7. The molecule has 0 unspecified atom stereocenters. The van der Waals surface area contributed by atoms with Gasteiger partial charge in [0.15, 0.2) is 0 Å². The molecule has 31 heavy (non-hydrogen) atoms. The average Bonchev–Trinajstić information content (AvgIpc) is 3.05. The summed E-state index contributed by atoms with van der Waals surface area (Å²) in [5, 5.41) is 9.15. The molecule has 2 amide bonds. The van der Waals surface area contributed by atoms with Crippen LogP contribution >= 0.6 is 11.3 Å². The summed E-state index contributed by atoms with van der Waals surface area (Å²) >= 11 is 1.29. The minimum Gasteiger partial charge on any atom is -0.445 e. The van der Waals surface area contributed by atoms with E-state index in [0.29, 0.717) is 41.6 Å². The van der Waals surface area contributed by atoms with E-state index >= 15 is 0 Å². The summed E-state index contributed by atoms with van der Waals surface area (Å²) in [7, 11) is 0. The number of nitrogens with two attached hydrogens (primary N) is 1. The monoisotopic (exact) mass is 437 g/mol. The number of rotatable bonds is 3. The fraction of sp³-hybridized carbons (Fsp3) is 0.364. The summed E-state index contributed by atoms with van der Waals surface area (Å²) in [6.45, 7) is 6.54. The Morgan fingerprint density at radius 2 is 1.77 bits per heavy atom. The first-order valence-electron chi connectivity index (χ1n) is 10.1. The van der Waals surface area contributed by atoms with Gasteiger partial charge in [0.1, 0.15) is 16.3 Å². The number of amides is 2. The number of anilines is 1. The van der Waals surface area contributed by atoms with Crippen LogP contribution in [0, 0.1) is 19.3 Å². The lowest BCUT2D eigenvalue weighted by Crippen LogP contribution is -2.73. The van der Waals surface area contributed by atoms with Crippen LogP contribution in [-0.4, -0.2) is 58.2 Å². The Bertz CT molecular complexity index is 1180. The van der Waals surface area contributed by atoms with Crippen molar-refractivity contribution in [3.63, 3.8) is 0 Å². The molecule has 3 aromatic rings. The maximum absolute atomic E-state index is 13.0. The average molecular weight is 438 g/mol. The standard InChI is InChI=1S/C22H23N5O3S/c1-13-14(2)24-25-19-16(13)17(23)18(31-19)20(28)26-9-22(10-26)11-27(12-22)21(29)30-8-15-6-4-3-5-7-15/h3-7H,8-12,23H2,1-2H3. The Labute approximate surface area is 183 Å². The number of nitrogens with zero attached hydrogens (tertiary/aromatic N) is 4. The summed E-state index contributed by atoms with van der Waals surface area (Å²) < 4.78 is 5.39. The highest BCUT2D eigenvalue weighted by Gasteiger charge is 2.55. The predicted molar refractivity (Wildman–Crippen MR) is 118 cm³/mol. The van der Waals surface area contributed by atoms with Gasteiger partial charge in [-0.05, 0) is 25.0 Å². The zero-order chi connectivity index (χ0) is 21.8. The van der Waals surface area contributed by atoms with Gasteiger partial charge in [-0.1, -0.05) is 30.3 Å². The first-order chi connectivity index (χ1) is 14.9. The Morgan fingerprint density at radius 1 is 1.10 bits per heavy atom. The van der Waals surface area contributed by atoms with Crippen molar-refractivity contribution in [2.45, 2.75) is 20.5 Å². The van der Waals surface area contributed by atoms with E-state index in [-0.39, 0.29) is 24.0 Å². The van der Waals surface area contributed by atoms with Gasteiger partial charge in [-0.15, -0.1) is 16.4 Å².